The summed E-state index contributed by atoms with van der Waals surface area (Å²) < 4.78 is 4.23. The number of amides is 1. The molecule has 0 spiro atoms. The number of rotatable bonds is 7. The van der Waals surface area contributed by atoms with Crippen LogP contribution in [0.25, 0.3) is 16.7 Å². The smallest absolute Gasteiger partial charge is 0.352 e. The van der Waals surface area contributed by atoms with E-state index >= 15 is 0 Å². The highest BCUT2D eigenvalue weighted by molar-refractivity contribution is 6.30. The maximum Gasteiger partial charge on any atom is 0.352 e. The number of carbonyl (C=O) groups is 1. The van der Waals surface area contributed by atoms with Gasteiger partial charge in [-0.25, -0.2) is 13.9 Å². The fourth-order valence-corrected chi connectivity index (χ4v) is 4.36. The minimum atomic E-state index is -0.406. The van der Waals surface area contributed by atoms with E-state index in [0.29, 0.717) is 28.0 Å². The van der Waals surface area contributed by atoms with Crippen LogP contribution in [0, 0.1) is 5.92 Å². The molecule has 0 saturated carbocycles. The molecule has 3 aromatic carbocycles. The Hall–Kier alpha value is -4.17. The number of hydrogen-bond acceptors (Lipinski definition) is 4. The van der Waals surface area contributed by atoms with E-state index in [0.717, 1.165) is 11.1 Å². The second kappa shape index (κ2) is 10.1. The Balaban J connectivity index is 1.71. The molecule has 2 heterocycles. The lowest BCUT2D eigenvalue weighted by atomic mass is 10.1. The minimum Gasteiger partial charge on any atom is -0.352 e. The number of nitrogens with zero attached hydrogens (tertiary/aromatic N) is 4. The molecule has 37 heavy (non-hydrogen) atoms. The third kappa shape index (κ3) is 4.93. The molecule has 9 heteroatoms. The maximum atomic E-state index is 13.6. The lowest BCUT2D eigenvalue weighted by molar-refractivity contribution is 0.0949. The van der Waals surface area contributed by atoms with E-state index in [-0.39, 0.29) is 36.3 Å². The van der Waals surface area contributed by atoms with Crippen molar-refractivity contribution in [1.29, 1.82) is 0 Å². The van der Waals surface area contributed by atoms with Gasteiger partial charge in [0.2, 0.25) is 5.78 Å². The normalized spacial score (nSPS) is 11.5. The van der Waals surface area contributed by atoms with Crippen molar-refractivity contribution in [3.8, 4) is 0 Å². The van der Waals surface area contributed by atoms with Crippen LogP contribution < -0.4 is 16.6 Å². The molecular weight excluding hydrogens is 490 g/mol. The first-order valence-electron chi connectivity index (χ1n) is 12.0. The summed E-state index contributed by atoms with van der Waals surface area (Å²) in [4.78, 5) is 40.1. The highest BCUT2D eigenvalue weighted by atomic mass is 35.5. The Labute approximate surface area is 217 Å². The molecule has 5 aromatic rings. The molecule has 0 unspecified atom stereocenters. The standard InChI is InChI=1S/C28H26ClN5O3/c1-18(2)15-30-25(35)21-10-13-23-24(14-21)34-27(32(26(23)36)16-19-6-4-3-5-7-19)31-33(28(34)37)17-20-8-11-22(29)12-9-20/h3-14,18H,15-17H2,1-2H3,(H,30,35). The van der Waals surface area contributed by atoms with Crippen LogP contribution in [0.1, 0.15) is 35.3 Å². The van der Waals surface area contributed by atoms with E-state index in [1.165, 1.54) is 13.6 Å². The van der Waals surface area contributed by atoms with Gasteiger partial charge in [0, 0.05) is 17.1 Å². The van der Waals surface area contributed by atoms with Crippen LogP contribution in [0.15, 0.2) is 82.4 Å². The highest BCUT2D eigenvalue weighted by Crippen LogP contribution is 2.16. The molecule has 188 valence electrons. The van der Waals surface area contributed by atoms with E-state index in [9.17, 15) is 14.4 Å². The van der Waals surface area contributed by atoms with Gasteiger partial charge in [-0.05, 0) is 47.4 Å². The van der Waals surface area contributed by atoms with Crippen LogP contribution in [0.4, 0.5) is 0 Å². The first-order valence-corrected chi connectivity index (χ1v) is 12.4. The zero-order chi connectivity index (χ0) is 26.1. The predicted molar refractivity (Wildman–Crippen MR) is 144 cm³/mol. The summed E-state index contributed by atoms with van der Waals surface area (Å²) in [5.41, 5.74) is 1.75. The molecule has 0 aliphatic rings. The third-order valence-electron chi connectivity index (χ3n) is 6.14. The SMILES string of the molecule is CC(C)CNC(=O)c1ccc2c(=O)n(Cc3ccccc3)c3nn(Cc4ccc(Cl)cc4)c(=O)n3c2c1. The van der Waals surface area contributed by atoms with Crippen LogP contribution in [-0.4, -0.2) is 31.2 Å². The number of halogens is 1. The fourth-order valence-electron chi connectivity index (χ4n) is 4.23. The van der Waals surface area contributed by atoms with Crippen LogP contribution in [-0.2, 0) is 13.1 Å². The molecule has 8 nitrogen and oxygen atoms in total. The molecule has 5 rings (SSSR count). The van der Waals surface area contributed by atoms with Gasteiger partial charge in [-0.15, -0.1) is 5.10 Å². The monoisotopic (exact) mass is 515 g/mol. The number of carbonyl (C=O) groups excluding carboxylic acids is 1. The van der Waals surface area contributed by atoms with Crippen molar-refractivity contribution in [1.82, 2.24) is 24.1 Å². The van der Waals surface area contributed by atoms with Gasteiger partial charge in [0.1, 0.15) is 0 Å². The van der Waals surface area contributed by atoms with E-state index in [2.05, 4.69) is 10.4 Å². The lowest BCUT2D eigenvalue weighted by Crippen LogP contribution is -2.29. The van der Waals surface area contributed by atoms with Crippen molar-refractivity contribution < 1.29 is 4.79 Å². The Kier molecular flexibility index (Phi) is 6.67. The van der Waals surface area contributed by atoms with Gasteiger partial charge in [0.15, 0.2) is 0 Å². The molecule has 0 saturated heterocycles. The molecule has 0 atom stereocenters. The Morgan fingerprint density at radius 3 is 2.35 bits per heavy atom. The second-order valence-electron chi connectivity index (χ2n) is 9.41. The number of hydrogen-bond donors (Lipinski definition) is 1. The van der Waals surface area contributed by atoms with Crippen molar-refractivity contribution in [3.05, 3.63) is 115 Å². The summed E-state index contributed by atoms with van der Waals surface area (Å²) >= 11 is 6.01. The number of benzene rings is 3. The van der Waals surface area contributed by atoms with Gasteiger partial charge in [-0.2, -0.15) is 0 Å². The summed E-state index contributed by atoms with van der Waals surface area (Å²) in [6.07, 6.45) is 0. The van der Waals surface area contributed by atoms with Gasteiger partial charge in [0.05, 0.1) is 24.0 Å². The summed E-state index contributed by atoms with van der Waals surface area (Å²) in [6.45, 7) is 4.98. The van der Waals surface area contributed by atoms with Crippen molar-refractivity contribution in [3.63, 3.8) is 0 Å². The Bertz CT molecular complexity index is 1720. The van der Waals surface area contributed by atoms with Gasteiger partial charge in [-0.1, -0.05) is 67.9 Å². The predicted octanol–water partition coefficient (Wildman–Crippen LogP) is 3.95. The first kappa shape index (κ1) is 24.5. The van der Waals surface area contributed by atoms with Crippen LogP contribution in [0.5, 0.6) is 0 Å². The number of aromatic nitrogens is 4. The van der Waals surface area contributed by atoms with Crippen LogP contribution in [0.2, 0.25) is 5.02 Å². The molecule has 0 radical (unpaired) electrons. The Morgan fingerprint density at radius 2 is 1.65 bits per heavy atom. The van der Waals surface area contributed by atoms with Crippen molar-refractivity contribution >= 4 is 34.2 Å². The van der Waals surface area contributed by atoms with Gasteiger partial charge in [-0.3, -0.25) is 14.2 Å². The molecule has 0 aliphatic heterocycles. The third-order valence-corrected chi connectivity index (χ3v) is 6.39. The van der Waals surface area contributed by atoms with Crippen molar-refractivity contribution in [2.75, 3.05) is 6.54 Å². The molecule has 0 fully saturated rings. The average Bonchev–Trinajstić information content (AvgIpc) is 3.22. The largest absolute Gasteiger partial charge is 0.352 e. The summed E-state index contributed by atoms with van der Waals surface area (Å²) in [5.74, 6) is 0.230. The van der Waals surface area contributed by atoms with E-state index in [1.54, 1.807) is 30.3 Å². The van der Waals surface area contributed by atoms with Crippen LogP contribution in [0.3, 0.4) is 0 Å². The van der Waals surface area contributed by atoms with Gasteiger partial charge >= 0.3 is 5.69 Å². The van der Waals surface area contributed by atoms with Gasteiger partial charge < -0.3 is 5.32 Å². The molecule has 0 aliphatic carbocycles. The molecule has 2 aromatic heterocycles. The zero-order valence-electron chi connectivity index (χ0n) is 20.5. The van der Waals surface area contributed by atoms with Gasteiger partial charge in [0.25, 0.3) is 11.5 Å². The summed E-state index contributed by atoms with van der Waals surface area (Å²) in [5, 5.41) is 8.38. The Morgan fingerprint density at radius 1 is 0.946 bits per heavy atom. The molecule has 1 amide bonds. The maximum absolute atomic E-state index is 13.6. The molecular formula is C28H26ClN5O3. The fraction of sp³-hybridized carbons (Fsp3) is 0.214. The second-order valence-corrected chi connectivity index (χ2v) is 9.85. The first-order chi connectivity index (χ1) is 17.8. The van der Waals surface area contributed by atoms with Crippen LogP contribution >= 0.6 is 11.6 Å². The van der Waals surface area contributed by atoms with E-state index in [4.69, 9.17) is 11.6 Å². The number of fused-ring (bicyclic) bond motifs is 3. The topological polar surface area (TPSA) is 90.4 Å². The molecule has 0 bridgehead atoms. The quantitative estimate of drug-likeness (QED) is 0.355. The van der Waals surface area contributed by atoms with E-state index < -0.39 is 5.69 Å². The zero-order valence-corrected chi connectivity index (χ0v) is 21.3. The highest BCUT2D eigenvalue weighted by Gasteiger charge is 2.19. The van der Waals surface area contributed by atoms with E-state index in [1.807, 2.05) is 56.3 Å². The summed E-state index contributed by atoms with van der Waals surface area (Å²) in [6, 6.07) is 21.5. The molecule has 1 N–H and O–H groups in total. The average molecular weight is 516 g/mol. The minimum absolute atomic E-state index is 0.202. The van der Waals surface area contributed by atoms with Crippen molar-refractivity contribution in [2.45, 2.75) is 26.9 Å². The lowest BCUT2D eigenvalue weighted by Gasteiger charge is -2.11. The number of nitrogens with one attached hydrogen (secondary N) is 1. The summed E-state index contributed by atoms with van der Waals surface area (Å²) in [7, 11) is 0. The van der Waals surface area contributed by atoms with Crippen molar-refractivity contribution in [2.24, 2.45) is 5.92 Å².